The van der Waals surface area contributed by atoms with Crippen molar-refractivity contribution in [2.24, 2.45) is 0 Å². The monoisotopic (exact) mass is 611 g/mol. The van der Waals surface area contributed by atoms with Crippen molar-refractivity contribution in [1.82, 2.24) is 10.2 Å². The molecule has 1 N–H and O–H groups in total. The molecule has 0 aromatic heterocycles. The van der Waals surface area contributed by atoms with Gasteiger partial charge in [-0.05, 0) is 41.6 Å². The van der Waals surface area contributed by atoms with Crippen molar-refractivity contribution in [1.29, 1.82) is 0 Å². The van der Waals surface area contributed by atoms with Crippen molar-refractivity contribution < 1.29 is 18.0 Å². The lowest BCUT2D eigenvalue weighted by Crippen LogP contribution is -2.53. The molecule has 41 heavy (non-hydrogen) atoms. The summed E-state index contributed by atoms with van der Waals surface area (Å²) in [5.74, 6) is -0.887. The number of carbonyl (C=O) groups excluding carboxylic acids is 2. The maximum absolute atomic E-state index is 14.2. The second kappa shape index (κ2) is 13.4. The highest BCUT2D eigenvalue weighted by Crippen LogP contribution is 2.29. The molecule has 0 heterocycles. The van der Waals surface area contributed by atoms with Crippen LogP contribution in [0, 0.1) is 0 Å². The highest BCUT2D eigenvalue weighted by Gasteiger charge is 2.33. The molecule has 0 aliphatic carbocycles. The average molecular weight is 613 g/mol. The number of hydrogen-bond donors (Lipinski definition) is 1. The molecule has 0 fully saturated rings. The average Bonchev–Trinajstić information content (AvgIpc) is 2.95. The number of nitrogens with zero attached hydrogens (tertiary/aromatic N) is 2. The first kappa shape index (κ1) is 30.4. The van der Waals surface area contributed by atoms with Gasteiger partial charge < -0.3 is 10.2 Å². The lowest BCUT2D eigenvalue weighted by Gasteiger charge is -2.33. The summed E-state index contributed by atoms with van der Waals surface area (Å²) >= 11 is 12.4. The molecule has 7 nitrogen and oxygen atoms in total. The zero-order chi connectivity index (χ0) is 29.6. The molecular weight excluding hydrogens is 581 g/mol. The normalized spacial score (nSPS) is 12.1. The summed E-state index contributed by atoms with van der Waals surface area (Å²) < 4.78 is 27.3. The zero-order valence-corrected chi connectivity index (χ0v) is 25.1. The Labute approximate surface area is 250 Å². The van der Waals surface area contributed by atoms with E-state index in [1.807, 2.05) is 60.7 Å². The van der Waals surface area contributed by atoms with Gasteiger partial charge in [0.1, 0.15) is 12.6 Å². The number of fused-ring (bicyclic) bond motifs is 1. The minimum atomic E-state index is -3.89. The number of likely N-dealkylation sites (N-methyl/N-ethyl adjacent to an activating group) is 1. The lowest BCUT2D eigenvalue weighted by atomic mass is 10.0. The van der Waals surface area contributed by atoms with Crippen LogP contribution in [0.1, 0.15) is 18.1 Å². The van der Waals surface area contributed by atoms with Gasteiger partial charge in [0.05, 0.1) is 22.0 Å². The van der Waals surface area contributed by atoms with Gasteiger partial charge in [-0.2, -0.15) is 0 Å². The fourth-order valence-corrected chi connectivity index (χ4v) is 5.88. The molecule has 4 aromatic rings. The third kappa shape index (κ3) is 7.58. The van der Waals surface area contributed by atoms with E-state index < -0.39 is 28.5 Å². The smallest absolute Gasteiger partial charge is 0.244 e. The molecular formula is C31H31Cl2N3O4S. The molecule has 0 saturated carbocycles. The number of rotatable bonds is 11. The predicted octanol–water partition coefficient (Wildman–Crippen LogP) is 5.69. The Morgan fingerprint density at radius 2 is 1.54 bits per heavy atom. The Morgan fingerprint density at radius 3 is 2.22 bits per heavy atom. The number of halogens is 2. The van der Waals surface area contributed by atoms with Gasteiger partial charge in [0.2, 0.25) is 21.8 Å². The molecule has 0 aliphatic rings. The maximum Gasteiger partial charge on any atom is 0.244 e. The minimum Gasteiger partial charge on any atom is -0.355 e. The van der Waals surface area contributed by atoms with Gasteiger partial charge >= 0.3 is 0 Å². The number of carbonyl (C=O) groups is 2. The molecule has 4 aromatic carbocycles. The number of anilines is 1. The molecule has 1 unspecified atom stereocenters. The number of hydrogen-bond acceptors (Lipinski definition) is 4. The van der Waals surface area contributed by atoms with E-state index in [1.165, 1.54) is 4.90 Å². The fourth-order valence-electron chi connectivity index (χ4n) is 4.70. The predicted molar refractivity (Wildman–Crippen MR) is 166 cm³/mol. The molecule has 0 spiro atoms. The highest BCUT2D eigenvalue weighted by atomic mass is 35.5. The number of benzene rings is 4. The topological polar surface area (TPSA) is 86.8 Å². The molecule has 0 radical (unpaired) electrons. The van der Waals surface area contributed by atoms with Crippen molar-refractivity contribution in [2.75, 3.05) is 23.7 Å². The summed E-state index contributed by atoms with van der Waals surface area (Å²) in [6, 6.07) is 26.1. The molecule has 214 valence electrons. The summed E-state index contributed by atoms with van der Waals surface area (Å²) in [4.78, 5) is 29.1. The zero-order valence-electron chi connectivity index (χ0n) is 22.8. The van der Waals surface area contributed by atoms with E-state index in [0.29, 0.717) is 33.2 Å². The van der Waals surface area contributed by atoms with E-state index in [4.69, 9.17) is 23.2 Å². The summed E-state index contributed by atoms with van der Waals surface area (Å²) in [6.45, 7) is 1.68. The van der Waals surface area contributed by atoms with E-state index in [2.05, 4.69) is 5.32 Å². The third-order valence-electron chi connectivity index (χ3n) is 6.67. The third-order valence-corrected chi connectivity index (χ3v) is 8.54. The van der Waals surface area contributed by atoms with E-state index in [0.717, 1.165) is 21.5 Å². The first-order valence-corrected chi connectivity index (χ1v) is 15.7. The van der Waals surface area contributed by atoms with Crippen LogP contribution in [0.4, 0.5) is 5.69 Å². The minimum absolute atomic E-state index is 0.0114. The number of sulfonamides is 1. The van der Waals surface area contributed by atoms with Crippen molar-refractivity contribution in [3.8, 4) is 0 Å². The van der Waals surface area contributed by atoms with Gasteiger partial charge in [-0.25, -0.2) is 8.42 Å². The Bertz CT molecular complexity index is 1640. The molecule has 1 atom stereocenters. The molecule has 0 bridgehead atoms. The summed E-state index contributed by atoms with van der Waals surface area (Å²) in [6.07, 6.45) is 1.30. The fraction of sp³-hybridized carbons (Fsp3) is 0.226. The van der Waals surface area contributed by atoms with Gasteiger partial charge in [-0.3, -0.25) is 13.9 Å². The van der Waals surface area contributed by atoms with Crippen LogP contribution in [0.5, 0.6) is 0 Å². The molecule has 10 heteroatoms. The maximum atomic E-state index is 14.2. The highest BCUT2D eigenvalue weighted by molar-refractivity contribution is 7.92. The van der Waals surface area contributed by atoms with Crippen molar-refractivity contribution in [2.45, 2.75) is 25.9 Å². The quantitative estimate of drug-likeness (QED) is 0.236. The first-order valence-electron chi connectivity index (χ1n) is 13.1. The Balaban J connectivity index is 1.78. The molecule has 4 rings (SSSR count). The van der Waals surface area contributed by atoms with Gasteiger partial charge in [0.25, 0.3) is 0 Å². The van der Waals surface area contributed by atoms with E-state index >= 15 is 0 Å². The largest absolute Gasteiger partial charge is 0.355 e. The van der Waals surface area contributed by atoms with Crippen molar-refractivity contribution >= 4 is 61.5 Å². The SMILES string of the molecule is CCNC(=O)C(Cc1ccccc1)N(Cc1ccc(Cl)c(Cl)c1)C(=O)CN(c1cccc2ccccc12)S(C)(=O)=O. The lowest BCUT2D eigenvalue weighted by molar-refractivity contribution is -0.140. The number of amides is 2. The van der Waals surface area contributed by atoms with Crippen molar-refractivity contribution in [3.05, 3.63) is 112 Å². The van der Waals surface area contributed by atoms with Crippen LogP contribution < -0.4 is 9.62 Å². The standard InChI is InChI=1S/C31H31Cl2N3O4S/c1-3-34-31(38)29(19-22-10-5-4-6-11-22)35(20-23-16-17-26(32)27(33)18-23)30(37)21-36(41(2,39)40)28-15-9-13-24-12-7-8-14-25(24)28/h4-18,29H,3,19-21H2,1-2H3,(H,34,38). The van der Waals surface area contributed by atoms with Crippen LogP contribution in [0.25, 0.3) is 10.8 Å². The van der Waals surface area contributed by atoms with E-state index in [9.17, 15) is 18.0 Å². The van der Waals surface area contributed by atoms with Crippen LogP contribution in [0.3, 0.4) is 0 Å². The Morgan fingerprint density at radius 1 is 0.854 bits per heavy atom. The molecule has 0 saturated heterocycles. The van der Waals surface area contributed by atoms with Gasteiger partial charge in [-0.15, -0.1) is 0 Å². The first-order chi connectivity index (χ1) is 19.6. The van der Waals surface area contributed by atoms with Crippen LogP contribution >= 0.6 is 23.2 Å². The Hall–Kier alpha value is -3.59. The second-order valence-corrected chi connectivity index (χ2v) is 12.4. The van der Waals surface area contributed by atoms with Crippen LogP contribution in [0.2, 0.25) is 10.0 Å². The van der Waals surface area contributed by atoms with Gasteiger partial charge in [0, 0.05) is 24.9 Å². The second-order valence-electron chi connectivity index (χ2n) is 9.64. The van der Waals surface area contributed by atoms with Crippen LogP contribution in [-0.2, 0) is 32.6 Å². The van der Waals surface area contributed by atoms with E-state index in [1.54, 1.807) is 37.3 Å². The van der Waals surface area contributed by atoms with Crippen LogP contribution in [0.15, 0.2) is 91.0 Å². The Kier molecular flexibility index (Phi) is 9.91. The molecule has 0 aliphatic heterocycles. The van der Waals surface area contributed by atoms with Gasteiger partial charge in [0.15, 0.2) is 0 Å². The van der Waals surface area contributed by atoms with E-state index in [-0.39, 0.29) is 18.9 Å². The molecule has 2 amide bonds. The van der Waals surface area contributed by atoms with Crippen molar-refractivity contribution in [3.63, 3.8) is 0 Å². The summed E-state index contributed by atoms with van der Waals surface area (Å²) in [7, 11) is -3.89. The summed E-state index contributed by atoms with van der Waals surface area (Å²) in [5, 5.41) is 5.03. The summed E-state index contributed by atoms with van der Waals surface area (Å²) in [5.41, 5.74) is 1.88. The number of nitrogens with one attached hydrogen (secondary N) is 1. The van der Waals surface area contributed by atoms with Crippen LogP contribution in [-0.4, -0.2) is 50.5 Å². The van der Waals surface area contributed by atoms with Gasteiger partial charge in [-0.1, -0.05) is 96.0 Å².